The lowest BCUT2D eigenvalue weighted by molar-refractivity contribution is -0.138. The Hall–Kier alpha value is -3.07. The van der Waals surface area contributed by atoms with E-state index in [-0.39, 0.29) is 24.8 Å². The number of nitrogens with zero attached hydrogens (tertiary/aromatic N) is 4. The molecule has 2 aliphatic heterocycles. The molecule has 8 nitrogen and oxygen atoms in total. The molecule has 0 aliphatic carbocycles. The molecule has 3 aromatic rings. The van der Waals surface area contributed by atoms with Crippen molar-refractivity contribution in [2.75, 3.05) is 18.0 Å². The van der Waals surface area contributed by atoms with Gasteiger partial charge in [-0.3, -0.25) is 14.5 Å². The molecular formula is C23H21ClN4O4. The average Bonchev–Trinajstić information content (AvgIpc) is 3.06. The molecule has 2 aromatic heterocycles. The number of halogens is 1. The molecule has 1 saturated heterocycles. The second kappa shape index (κ2) is 8.12. The number of aliphatic hydroxyl groups is 2. The number of carbonyl (C=O) groups excluding carboxylic acids is 2. The first-order chi connectivity index (χ1) is 15.4. The summed E-state index contributed by atoms with van der Waals surface area (Å²) in [6.45, 7) is 0.426. The highest BCUT2D eigenvalue weighted by Crippen LogP contribution is 2.39. The summed E-state index contributed by atoms with van der Waals surface area (Å²) < 4.78 is 0. The standard InChI is InChI=1S/C23H21ClN4O4/c24-19-7-5-13-6-8-20(26-22(13)25-19)28-16(14-3-1-2-4-15(14)23(28)32)11-21(31)27-10-9-17(29)18(30)12-27/h1-8,16-18,29-30H,9-12H2/t16?,17-,18+/m1/s1. The fraction of sp³-hybridized carbons (Fsp3) is 0.304. The summed E-state index contributed by atoms with van der Waals surface area (Å²) in [5.41, 5.74) is 1.70. The third-order valence-electron chi connectivity index (χ3n) is 6.10. The first-order valence-electron chi connectivity index (χ1n) is 10.4. The van der Waals surface area contributed by atoms with E-state index in [4.69, 9.17) is 11.6 Å². The van der Waals surface area contributed by atoms with Crippen molar-refractivity contribution in [2.24, 2.45) is 0 Å². The summed E-state index contributed by atoms with van der Waals surface area (Å²) in [6, 6.07) is 13.7. The summed E-state index contributed by atoms with van der Waals surface area (Å²) >= 11 is 6.02. The Bertz CT molecular complexity index is 1220. The van der Waals surface area contributed by atoms with E-state index in [0.717, 1.165) is 10.9 Å². The van der Waals surface area contributed by atoms with Crippen LogP contribution in [0, 0.1) is 0 Å². The van der Waals surface area contributed by atoms with Gasteiger partial charge in [-0.05, 0) is 42.3 Å². The first kappa shape index (κ1) is 20.8. The smallest absolute Gasteiger partial charge is 0.260 e. The molecule has 1 unspecified atom stereocenters. The Morgan fingerprint density at radius 1 is 1.06 bits per heavy atom. The molecule has 32 heavy (non-hydrogen) atoms. The van der Waals surface area contributed by atoms with Crippen molar-refractivity contribution in [3.8, 4) is 0 Å². The molecule has 164 valence electrons. The molecule has 0 saturated carbocycles. The molecule has 5 rings (SSSR count). The Balaban J connectivity index is 1.50. The van der Waals surface area contributed by atoms with Gasteiger partial charge in [0, 0.05) is 24.0 Å². The van der Waals surface area contributed by atoms with E-state index in [9.17, 15) is 19.8 Å². The number of benzene rings is 1. The number of fused-ring (bicyclic) bond motifs is 2. The van der Waals surface area contributed by atoms with Crippen molar-refractivity contribution in [3.05, 3.63) is 64.8 Å². The van der Waals surface area contributed by atoms with Gasteiger partial charge in [0.25, 0.3) is 5.91 Å². The number of aromatic nitrogens is 2. The van der Waals surface area contributed by atoms with E-state index in [2.05, 4.69) is 9.97 Å². The highest BCUT2D eigenvalue weighted by Gasteiger charge is 2.40. The van der Waals surface area contributed by atoms with E-state index in [0.29, 0.717) is 35.1 Å². The molecule has 0 radical (unpaired) electrons. The SMILES string of the molecule is O=C(CC1c2ccccc2C(=O)N1c1ccc2ccc(Cl)nc2n1)N1CC[C@@H](O)[C@@H](O)C1. The lowest BCUT2D eigenvalue weighted by Gasteiger charge is -2.34. The van der Waals surface area contributed by atoms with Crippen molar-refractivity contribution >= 4 is 40.3 Å². The Labute approximate surface area is 189 Å². The number of hydrogen-bond donors (Lipinski definition) is 2. The predicted molar refractivity (Wildman–Crippen MR) is 118 cm³/mol. The molecule has 9 heteroatoms. The number of rotatable bonds is 3. The van der Waals surface area contributed by atoms with Crippen molar-refractivity contribution in [2.45, 2.75) is 31.1 Å². The van der Waals surface area contributed by atoms with Gasteiger partial charge in [0.1, 0.15) is 11.0 Å². The number of amides is 2. The van der Waals surface area contributed by atoms with Crippen LogP contribution in [0.2, 0.25) is 5.15 Å². The summed E-state index contributed by atoms with van der Waals surface area (Å²) in [6.07, 6.45) is -1.45. The van der Waals surface area contributed by atoms with E-state index in [1.807, 2.05) is 18.2 Å². The number of anilines is 1. The van der Waals surface area contributed by atoms with Crippen molar-refractivity contribution in [1.82, 2.24) is 14.9 Å². The third-order valence-corrected chi connectivity index (χ3v) is 6.31. The molecule has 2 amide bonds. The van der Waals surface area contributed by atoms with Crippen LogP contribution < -0.4 is 4.90 Å². The molecule has 4 heterocycles. The minimum Gasteiger partial charge on any atom is -0.390 e. The van der Waals surface area contributed by atoms with Crippen LogP contribution in [0.15, 0.2) is 48.5 Å². The van der Waals surface area contributed by atoms with Crippen LogP contribution in [0.25, 0.3) is 11.0 Å². The van der Waals surface area contributed by atoms with E-state index < -0.39 is 18.2 Å². The highest BCUT2D eigenvalue weighted by atomic mass is 35.5. The summed E-state index contributed by atoms with van der Waals surface area (Å²) in [5, 5.41) is 20.8. The molecule has 2 N–H and O–H groups in total. The Kier molecular flexibility index (Phi) is 5.28. The van der Waals surface area contributed by atoms with Crippen LogP contribution in [0.4, 0.5) is 5.82 Å². The zero-order chi connectivity index (χ0) is 22.4. The average molecular weight is 453 g/mol. The molecule has 2 aliphatic rings. The number of piperidine rings is 1. The van der Waals surface area contributed by atoms with Crippen LogP contribution >= 0.6 is 11.6 Å². The number of aliphatic hydroxyl groups excluding tert-OH is 2. The van der Waals surface area contributed by atoms with Crippen LogP contribution in [-0.2, 0) is 4.79 Å². The Morgan fingerprint density at radius 2 is 1.84 bits per heavy atom. The van der Waals surface area contributed by atoms with Crippen LogP contribution in [0.1, 0.15) is 34.8 Å². The van der Waals surface area contributed by atoms with Gasteiger partial charge in [0.15, 0.2) is 5.65 Å². The first-order valence-corrected chi connectivity index (χ1v) is 10.8. The minimum atomic E-state index is -0.973. The predicted octanol–water partition coefficient (Wildman–Crippen LogP) is 2.33. The van der Waals surface area contributed by atoms with Crippen LogP contribution in [0.5, 0.6) is 0 Å². The molecule has 3 atom stereocenters. The van der Waals surface area contributed by atoms with Gasteiger partial charge in [-0.15, -0.1) is 0 Å². The fourth-order valence-corrected chi connectivity index (χ4v) is 4.54. The number of β-amino-alcohol motifs (C(OH)–C–C–N with tert-alkyl or cyclic N) is 1. The molecule has 0 spiro atoms. The van der Waals surface area contributed by atoms with Crippen molar-refractivity contribution < 1.29 is 19.8 Å². The topological polar surface area (TPSA) is 107 Å². The van der Waals surface area contributed by atoms with Gasteiger partial charge in [-0.2, -0.15) is 0 Å². The fourth-order valence-electron chi connectivity index (χ4n) is 4.40. The molecule has 1 fully saturated rings. The third kappa shape index (κ3) is 3.60. The van der Waals surface area contributed by atoms with Gasteiger partial charge < -0.3 is 15.1 Å². The number of pyridine rings is 2. The molecular weight excluding hydrogens is 432 g/mol. The zero-order valence-corrected chi connectivity index (χ0v) is 17.8. The maximum absolute atomic E-state index is 13.3. The van der Waals surface area contributed by atoms with E-state index in [1.54, 1.807) is 30.3 Å². The normalized spacial score (nSPS) is 23.0. The lowest BCUT2D eigenvalue weighted by atomic mass is 10.00. The second-order valence-electron chi connectivity index (χ2n) is 8.10. The van der Waals surface area contributed by atoms with Crippen LogP contribution in [-0.4, -0.2) is 62.2 Å². The minimum absolute atomic E-state index is 0.0360. The van der Waals surface area contributed by atoms with Gasteiger partial charge in [0.05, 0.1) is 24.7 Å². The highest BCUT2D eigenvalue weighted by molar-refractivity contribution is 6.29. The lowest BCUT2D eigenvalue weighted by Crippen LogP contribution is -2.49. The van der Waals surface area contributed by atoms with E-state index in [1.165, 1.54) is 9.80 Å². The molecule has 1 aromatic carbocycles. The summed E-state index contributed by atoms with van der Waals surface area (Å²) in [7, 11) is 0. The van der Waals surface area contributed by atoms with Gasteiger partial charge in [-0.1, -0.05) is 29.8 Å². The van der Waals surface area contributed by atoms with E-state index >= 15 is 0 Å². The summed E-state index contributed by atoms with van der Waals surface area (Å²) in [4.78, 5) is 38.3. The van der Waals surface area contributed by atoms with Gasteiger partial charge in [0.2, 0.25) is 5.91 Å². The maximum atomic E-state index is 13.3. The quantitative estimate of drug-likeness (QED) is 0.591. The Morgan fingerprint density at radius 3 is 2.66 bits per heavy atom. The summed E-state index contributed by atoms with van der Waals surface area (Å²) in [5.74, 6) is -0.0424. The maximum Gasteiger partial charge on any atom is 0.260 e. The van der Waals surface area contributed by atoms with Crippen molar-refractivity contribution in [1.29, 1.82) is 0 Å². The monoisotopic (exact) mass is 452 g/mol. The largest absolute Gasteiger partial charge is 0.390 e. The van der Waals surface area contributed by atoms with Crippen LogP contribution in [0.3, 0.4) is 0 Å². The number of hydrogen-bond acceptors (Lipinski definition) is 6. The number of likely N-dealkylation sites (tertiary alicyclic amines) is 1. The second-order valence-corrected chi connectivity index (χ2v) is 8.48. The zero-order valence-electron chi connectivity index (χ0n) is 17.1. The number of carbonyl (C=O) groups is 2. The van der Waals surface area contributed by atoms with Gasteiger partial charge in [-0.25, -0.2) is 9.97 Å². The molecule has 0 bridgehead atoms. The van der Waals surface area contributed by atoms with Gasteiger partial charge >= 0.3 is 0 Å². The van der Waals surface area contributed by atoms with Crippen molar-refractivity contribution in [3.63, 3.8) is 0 Å².